The molecule has 0 aromatic carbocycles. The molecule has 1 aliphatic rings. The number of hydrogen-bond donors (Lipinski definition) is 1. The van der Waals surface area contributed by atoms with Crippen molar-refractivity contribution in [2.45, 2.75) is 45.3 Å². The molecule has 4 nitrogen and oxygen atoms in total. The topological polar surface area (TPSA) is 49.8 Å². The summed E-state index contributed by atoms with van der Waals surface area (Å²) in [6.45, 7) is 6.36. The number of aliphatic carboxylic acids is 1. The molecule has 1 fully saturated rings. The first-order valence-electron chi connectivity index (χ1n) is 5.77. The van der Waals surface area contributed by atoms with Gasteiger partial charge in [-0.2, -0.15) is 0 Å². The van der Waals surface area contributed by atoms with Gasteiger partial charge < -0.3 is 9.84 Å². The fourth-order valence-electron chi connectivity index (χ4n) is 2.18. The van der Waals surface area contributed by atoms with Crippen molar-refractivity contribution < 1.29 is 14.6 Å². The third-order valence-corrected chi connectivity index (χ3v) is 2.99. The first kappa shape index (κ1) is 12.5. The van der Waals surface area contributed by atoms with Crippen LogP contribution in [0.4, 0.5) is 0 Å². The van der Waals surface area contributed by atoms with E-state index in [4.69, 9.17) is 9.84 Å². The van der Waals surface area contributed by atoms with Gasteiger partial charge in [0.1, 0.15) is 6.04 Å². The van der Waals surface area contributed by atoms with E-state index in [1.165, 1.54) is 0 Å². The van der Waals surface area contributed by atoms with Crippen molar-refractivity contribution in [1.82, 2.24) is 4.90 Å². The minimum atomic E-state index is -0.702. The number of carboxylic acids is 1. The molecule has 88 valence electrons. The molecule has 0 aromatic rings. The Labute approximate surface area is 91.2 Å². The lowest BCUT2D eigenvalue weighted by atomic mass is 10.0. The minimum absolute atomic E-state index is 0.312. The summed E-state index contributed by atoms with van der Waals surface area (Å²) in [5, 5.41) is 9.02. The maximum absolute atomic E-state index is 11.0. The van der Waals surface area contributed by atoms with Crippen molar-refractivity contribution in [2.75, 3.05) is 19.7 Å². The van der Waals surface area contributed by atoms with Crippen LogP contribution < -0.4 is 0 Å². The fraction of sp³-hybridized carbons (Fsp3) is 0.909. The minimum Gasteiger partial charge on any atom is -0.480 e. The summed E-state index contributed by atoms with van der Waals surface area (Å²) in [6.07, 6.45) is 2.92. The zero-order chi connectivity index (χ0) is 11.3. The van der Waals surface area contributed by atoms with Crippen LogP contribution in [0.1, 0.15) is 33.1 Å². The van der Waals surface area contributed by atoms with Crippen LogP contribution in [0.2, 0.25) is 0 Å². The van der Waals surface area contributed by atoms with Crippen LogP contribution in [-0.2, 0) is 9.53 Å². The largest absolute Gasteiger partial charge is 0.480 e. The number of carbonyl (C=O) groups is 1. The molecule has 0 aliphatic carbocycles. The van der Waals surface area contributed by atoms with Crippen molar-refractivity contribution in [3.8, 4) is 0 Å². The van der Waals surface area contributed by atoms with Crippen LogP contribution in [0, 0.1) is 0 Å². The van der Waals surface area contributed by atoms with E-state index in [0.29, 0.717) is 12.5 Å². The van der Waals surface area contributed by atoms with E-state index in [1.807, 2.05) is 13.8 Å². The SMILES string of the molecule is CCOC1CCN(C(CC)C(=O)O)CC1. The summed E-state index contributed by atoms with van der Waals surface area (Å²) >= 11 is 0. The summed E-state index contributed by atoms with van der Waals surface area (Å²) in [6, 6.07) is -0.312. The maximum atomic E-state index is 11.0. The molecule has 0 bridgehead atoms. The van der Waals surface area contributed by atoms with Crippen LogP contribution in [0.15, 0.2) is 0 Å². The molecule has 0 radical (unpaired) electrons. The van der Waals surface area contributed by atoms with E-state index in [-0.39, 0.29) is 6.04 Å². The molecular weight excluding hydrogens is 194 g/mol. The monoisotopic (exact) mass is 215 g/mol. The van der Waals surface area contributed by atoms with E-state index < -0.39 is 5.97 Å². The Balaban J connectivity index is 2.38. The van der Waals surface area contributed by atoms with Gasteiger partial charge in [-0.3, -0.25) is 9.69 Å². The van der Waals surface area contributed by atoms with Crippen LogP contribution in [-0.4, -0.2) is 47.8 Å². The smallest absolute Gasteiger partial charge is 0.320 e. The van der Waals surface area contributed by atoms with Crippen molar-refractivity contribution in [2.24, 2.45) is 0 Å². The number of carboxylic acid groups (broad SMARTS) is 1. The number of nitrogens with zero attached hydrogens (tertiary/aromatic N) is 1. The molecule has 1 saturated heterocycles. The second kappa shape index (κ2) is 6.08. The molecular formula is C11H21NO3. The van der Waals surface area contributed by atoms with Crippen molar-refractivity contribution in [1.29, 1.82) is 0 Å². The lowest BCUT2D eigenvalue weighted by molar-refractivity contribution is -0.144. The Morgan fingerprint density at radius 1 is 1.47 bits per heavy atom. The second-order valence-corrected chi connectivity index (χ2v) is 3.95. The van der Waals surface area contributed by atoms with Crippen LogP contribution in [0.25, 0.3) is 0 Å². The summed E-state index contributed by atoms with van der Waals surface area (Å²) in [5.41, 5.74) is 0. The number of likely N-dealkylation sites (tertiary alicyclic amines) is 1. The molecule has 1 N–H and O–H groups in total. The molecule has 4 heteroatoms. The molecule has 1 unspecified atom stereocenters. The van der Waals surface area contributed by atoms with Gasteiger partial charge in [0.25, 0.3) is 0 Å². The molecule has 0 saturated carbocycles. The Bertz CT molecular complexity index is 200. The third-order valence-electron chi connectivity index (χ3n) is 2.99. The fourth-order valence-corrected chi connectivity index (χ4v) is 2.18. The van der Waals surface area contributed by atoms with Gasteiger partial charge in [-0.25, -0.2) is 0 Å². The Kier molecular flexibility index (Phi) is 5.05. The highest BCUT2D eigenvalue weighted by atomic mass is 16.5. The van der Waals surface area contributed by atoms with Gasteiger partial charge in [0.15, 0.2) is 0 Å². The van der Waals surface area contributed by atoms with Gasteiger partial charge >= 0.3 is 5.97 Å². The Hall–Kier alpha value is -0.610. The zero-order valence-corrected chi connectivity index (χ0v) is 9.61. The molecule has 15 heavy (non-hydrogen) atoms. The lowest BCUT2D eigenvalue weighted by Crippen LogP contribution is -2.46. The summed E-state index contributed by atoms with van der Waals surface area (Å²) in [5.74, 6) is -0.702. The standard InChI is InChI=1S/C11H21NO3/c1-3-10(11(13)14)12-7-5-9(6-8-12)15-4-2/h9-10H,3-8H2,1-2H3,(H,13,14). The Morgan fingerprint density at radius 3 is 2.47 bits per heavy atom. The first-order chi connectivity index (χ1) is 7.19. The van der Waals surface area contributed by atoms with Gasteiger partial charge in [0.05, 0.1) is 6.10 Å². The predicted octanol–water partition coefficient (Wildman–Crippen LogP) is 1.35. The molecule has 1 heterocycles. The van der Waals surface area contributed by atoms with Crippen LogP contribution in [0.5, 0.6) is 0 Å². The van der Waals surface area contributed by atoms with E-state index in [9.17, 15) is 4.79 Å². The van der Waals surface area contributed by atoms with Gasteiger partial charge in [-0.05, 0) is 26.2 Å². The highest BCUT2D eigenvalue weighted by Gasteiger charge is 2.28. The van der Waals surface area contributed by atoms with Gasteiger partial charge in [0, 0.05) is 19.7 Å². The first-order valence-corrected chi connectivity index (χ1v) is 5.77. The summed E-state index contributed by atoms with van der Waals surface area (Å²) < 4.78 is 5.53. The molecule has 0 spiro atoms. The van der Waals surface area contributed by atoms with Crippen molar-refractivity contribution in [3.05, 3.63) is 0 Å². The molecule has 1 rings (SSSR count). The normalized spacial score (nSPS) is 21.5. The van der Waals surface area contributed by atoms with E-state index in [0.717, 1.165) is 32.5 Å². The number of rotatable bonds is 5. The molecule has 1 atom stereocenters. The Morgan fingerprint density at radius 2 is 2.07 bits per heavy atom. The number of ether oxygens (including phenoxy) is 1. The number of piperidine rings is 1. The second-order valence-electron chi connectivity index (χ2n) is 3.95. The van der Waals surface area contributed by atoms with Gasteiger partial charge in [-0.1, -0.05) is 6.92 Å². The zero-order valence-electron chi connectivity index (χ0n) is 9.61. The van der Waals surface area contributed by atoms with Gasteiger partial charge in [-0.15, -0.1) is 0 Å². The number of hydrogen-bond acceptors (Lipinski definition) is 3. The highest BCUT2D eigenvalue weighted by molar-refractivity contribution is 5.73. The van der Waals surface area contributed by atoms with Gasteiger partial charge in [0.2, 0.25) is 0 Å². The third kappa shape index (κ3) is 3.47. The highest BCUT2D eigenvalue weighted by Crippen LogP contribution is 2.17. The van der Waals surface area contributed by atoms with E-state index in [2.05, 4.69) is 4.90 Å². The van der Waals surface area contributed by atoms with Crippen LogP contribution >= 0.6 is 0 Å². The molecule has 0 amide bonds. The average molecular weight is 215 g/mol. The summed E-state index contributed by atoms with van der Waals surface area (Å²) in [7, 11) is 0. The van der Waals surface area contributed by atoms with E-state index >= 15 is 0 Å². The molecule has 0 aromatic heterocycles. The quantitative estimate of drug-likeness (QED) is 0.752. The average Bonchev–Trinajstić information content (AvgIpc) is 2.21. The van der Waals surface area contributed by atoms with Crippen LogP contribution in [0.3, 0.4) is 0 Å². The maximum Gasteiger partial charge on any atom is 0.320 e. The molecule has 1 aliphatic heterocycles. The van der Waals surface area contributed by atoms with Crippen molar-refractivity contribution >= 4 is 5.97 Å². The van der Waals surface area contributed by atoms with Crippen molar-refractivity contribution in [3.63, 3.8) is 0 Å². The lowest BCUT2D eigenvalue weighted by Gasteiger charge is -2.35. The summed E-state index contributed by atoms with van der Waals surface area (Å²) in [4.78, 5) is 13.0. The van der Waals surface area contributed by atoms with E-state index in [1.54, 1.807) is 0 Å². The predicted molar refractivity (Wildman–Crippen MR) is 57.9 cm³/mol.